The monoisotopic (exact) mass is 283 g/mol. The summed E-state index contributed by atoms with van der Waals surface area (Å²) in [6, 6.07) is 5.80. The van der Waals surface area contributed by atoms with Crippen molar-refractivity contribution in [3.05, 3.63) is 47.7 Å². The van der Waals surface area contributed by atoms with Crippen molar-refractivity contribution in [3.8, 4) is 0 Å². The second-order valence-electron chi connectivity index (χ2n) is 5.67. The van der Waals surface area contributed by atoms with Gasteiger partial charge in [-0.3, -0.25) is 9.48 Å². The zero-order valence-electron chi connectivity index (χ0n) is 11.7. The van der Waals surface area contributed by atoms with Gasteiger partial charge in [-0.05, 0) is 37.1 Å². The Balaban J connectivity index is 1.45. The molecule has 1 aliphatic heterocycles. The van der Waals surface area contributed by atoms with Gasteiger partial charge in [0, 0.05) is 18.5 Å². The fourth-order valence-electron chi connectivity index (χ4n) is 2.70. The van der Waals surface area contributed by atoms with Gasteiger partial charge < -0.3 is 9.32 Å². The Morgan fingerprint density at radius 2 is 2.29 bits per heavy atom. The molecule has 1 saturated carbocycles. The van der Waals surface area contributed by atoms with Crippen molar-refractivity contribution < 1.29 is 9.21 Å². The Labute approximate surface area is 122 Å². The summed E-state index contributed by atoms with van der Waals surface area (Å²) in [5.41, 5.74) is 2.34. The highest BCUT2D eigenvalue weighted by atomic mass is 16.3. The average Bonchev–Trinajstić information content (AvgIpc) is 3.06. The third-order valence-corrected chi connectivity index (χ3v) is 4.06. The third-order valence-electron chi connectivity index (χ3n) is 4.06. The molecule has 0 unspecified atom stereocenters. The second kappa shape index (κ2) is 4.91. The van der Waals surface area contributed by atoms with Crippen molar-refractivity contribution in [1.29, 1.82) is 0 Å². The number of hydrogen-bond donors (Lipinski definition) is 0. The Morgan fingerprint density at radius 1 is 1.38 bits per heavy atom. The molecule has 1 amide bonds. The smallest absolute Gasteiger partial charge is 0.247 e. The molecule has 0 aromatic carbocycles. The van der Waals surface area contributed by atoms with E-state index < -0.39 is 0 Å². The molecule has 0 N–H and O–H groups in total. The lowest BCUT2D eigenvalue weighted by Crippen LogP contribution is -2.37. The first kappa shape index (κ1) is 12.4. The predicted octanol–water partition coefficient (Wildman–Crippen LogP) is 2.41. The van der Waals surface area contributed by atoms with Gasteiger partial charge in [-0.2, -0.15) is 5.10 Å². The summed E-state index contributed by atoms with van der Waals surface area (Å²) in [6.07, 6.45) is 7.40. The summed E-state index contributed by atoms with van der Waals surface area (Å²) in [4.78, 5) is 14.1. The maximum absolute atomic E-state index is 12.2. The van der Waals surface area contributed by atoms with Gasteiger partial charge in [0.2, 0.25) is 5.91 Å². The highest BCUT2D eigenvalue weighted by Gasteiger charge is 2.29. The Bertz CT molecular complexity index is 680. The summed E-state index contributed by atoms with van der Waals surface area (Å²) >= 11 is 0. The third kappa shape index (κ3) is 2.51. The molecule has 1 aliphatic carbocycles. The first-order valence-corrected chi connectivity index (χ1v) is 7.37. The molecule has 21 heavy (non-hydrogen) atoms. The normalized spacial score (nSPS) is 18.2. The number of fused-ring (bicyclic) bond motifs is 1. The number of amides is 1. The quantitative estimate of drug-likeness (QED) is 0.813. The van der Waals surface area contributed by atoms with Gasteiger partial charge in [0.15, 0.2) is 0 Å². The molecule has 0 bridgehead atoms. The minimum absolute atomic E-state index is 0.0202. The molecule has 2 aliphatic rings. The molecule has 0 atom stereocenters. The van der Waals surface area contributed by atoms with Crippen molar-refractivity contribution in [3.63, 3.8) is 0 Å². The van der Waals surface area contributed by atoms with Crippen LogP contribution in [0.3, 0.4) is 0 Å². The van der Waals surface area contributed by atoms with E-state index in [0.29, 0.717) is 24.8 Å². The molecular formula is C16H17N3O2. The highest BCUT2D eigenvalue weighted by Crippen LogP contribution is 2.39. The van der Waals surface area contributed by atoms with E-state index in [0.717, 1.165) is 12.2 Å². The van der Waals surface area contributed by atoms with Crippen molar-refractivity contribution in [2.75, 3.05) is 6.54 Å². The molecule has 3 heterocycles. The van der Waals surface area contributed by atoms with Crippen LogP contribution in [0.5, 0.6) is 0 Å². The largest absolute Gasteiger partial charge is 0.465 e. The van der Waals surface area contributed by atoms with E-state index in [1.807, 2.05) is 21.7 Å². The molecule has 5 nitrogen and oxygen atoms in total. The molecule has 0 radical (unpaired) electrons. The maximum Gasteiger partial charge on any atom is 0.247 e. The van der Waals surface area contributed by atoms with Crippen LogP contribution >= 0.6 is 0 Å². The SMILES string of the molecule is O=C(C=Cc1ccco1)N1CCn2nc(C3CC3)cc2C1. The van der Waals surface area contributed by atoms with Gasteiger partial charge in [0.1, 0.15) is 5.76 Å². The van der Waals surface area contributed by atoms with Crippen LogP contribution in [-0.2, 0) is 17.9 Å². The van der Waals surface area contributed by atoms with E-state index in [9.17, 15) is 4.79 Å². The highest BCUT2D eigenvalue weighted by molar-refractivity contribution is 5.91. The number of nitrogens with zero attached hydrogens (tertiary/aromatic N) is 3. The first-order chi connectivity index (χ1) is 10.3. The van der Waals surface area contributed by atoms with Gasteiger partial charge in [0.05, 0.1) is 30.7 Å². The molecule has 5 heteroatoms. The molecule has 0 saturated heterocycles. The Hall–Kier alpha value is -2.30. The van der Waals surface area contributed by atoms with Crippen LogP contribution in [0.4, 0.5) is 0 Å². The number of aromatic nitrogens is 2. The van der Waals surface area contributed by atoms with E-state index in [4.69, 9.17) is 4.42 Å². The summed E-state index contributed by atoms with van der Waals surface area (Å²) in [7, 11) is 0. The van der Waals surface area contributed by atoms with E-state index in [1.165, 1.54) is 18.5 Å². The summed E-state index contributed by atoms with van der Waals surface area (Å²) in [5, 5.41) is 4.64. The predicted molar refractivity (Wildman–Crippen MR) is 77.4 cm³/mol. The Morgan fingerprint density at radius 3 is 3.05 bits per heavy atom. The van der Waals surface area contributed by atoms with E-state index in [-0.39, 0.29) is 5.91 Å². The zero-order chi connectivity index (χ0) is 14.2. The van der Waals surface area contributed by atoms with Gasteiger partial charge in [-0.15, -0.1) is 0 Å². The molecule has 4 rings (SSSR count). The van der Waals surface area contributed by atoms with Crippen molar-refractivity contribution in [2.24, 2.45) is 0 Å². The number of carbonyl (C=O) groups is 1. The maximum atomic E-state index is 12.2. The van der Waals surface area contributed by atoms with Crippen LogP contribution in [0.25, 0.3) is 6.08 Å². The molecular weight excluding hydrogens is 266 g/mol. The summed E-state index contributed by atoms with van der Waals surface area (Å²) in [5.74, 6) is 1.37. The number of carbonyl (C=O) groups excluding carboxylic acids is 1. The van der Waals surface area contributed by atoms with E-state index in [1.54, 1.807) is 18.4 Å². The van der Waals surface area contributed by atoms with Crippen LogP contribution in [0.2, 0.25) is 0 Å². The van der Waals surface area contributed by atoms with Crippen LogP contribution in [0, 0.1) is 0 Å². The van der Waals surface area contributed by atoms with E-state index in [2.05, 4.69) is 11.2 Å². The lowest BCUT2D eigenvalue weighted by molar-refractivity contribution is -0.127. The summed E-state index contributed by atoms with van der Waals surface area (Å²) < 4.78 is 7.24. The van der Waals surface area contributed by atoms with Crippen molar-refractivity contribution in [1.82, 2.24) is 14.7 Å². The van der Waals surface area contributed by atoms with Crippen molar-refractivity contribution in [2.45, 2.75) is 31.8 Å². The zero-order valence-corrected chi connectivity index (χ0v) is 11.7. The van der Waals surface area contributed by atoms with Crippen LogP contribution < -0.4 is 0 Å². The van der Waals surface area contributed by atoms with Gasteiger partial charge in [-0.1, -0.05) is 0 Å². The molecule has 108 valence electrons. The average molecular weight is 283 g/mol. The fourth-order valence-corrected chi connectivity index (χ4v) is 2.70. The van der Waals surface area contributed by atoms with Gasteiger partial charge in [-0.25, -0.2) is 0 Å². The number of furan rings is 1. The van der Waals surface area contributed by atoms with Crippen molar-refractivity contribution >= 4 is 12.0 Å². The molecule has 0 spiro atoms. The molecule has 2 aromatic heterocycles. The summed E-state index contributed by atoms with van der Waals surface area (Å²) in [6.45, 7) is 2.13. The van der Waals surface area contributed by atoms with Crippen LogP contribution in [-0.4, -0.2) is 27.1 Å². The first-order valence-electron chi connectivity index (χ1n) is 7.37. The van der Waals surface area contributed by atoms with Gasteiger partial charge >= 0.3 is 0 Å². The van der Waals surface area contributed by atoms with Crippen LogP contribution in [0.15, 0.2) is 35.0 Å². The number of hydrogen-bond acceptors (Lipinski definition) is 3. The molecule has 2 aromatic rings. The van der Waals surface area contributed by atoms with Gasteiger partial charge in [0.25, 0.3) is 0 Å². The lowest BCUT2D eigenvalue weighted by Gasteiger charge is -2.26. The molecule has 1 fully saturated rings. The minimum atomic E-state index is 0.0202. The fraction of sp³-hybridized carbons (Fsp3) is 0.375. The van der Waals surface area contributed by atoms with E-state index >= 15 is 0 Å². The van der Waals surface area contributed by atoms with Crippen LogP contribution in [0.1, 0.15) is 35.9 Å². The Kier molecular flexibility index (Phi) is 2.91. The minimum Gasteiger partial charge on any atom is -0.465 e. The lowest BCUT2D eigenvalue weighted by atomic mass is 10.2. The second-order valence-corrected chi connectivity index (χ2v) is 5.67. The number of rotatable bonds is 3. The standard InChI is InChI=1S/C16H17N3O2/c20-16(6-5-14-2-1-9-21-14)18-7-8-19-13(11-18)10-15(17-19)12-3-4-12/h1-2,5-6,9-10,12H,3-4,7-8,11H2. The topological polar surface area (TPSA) is 51.3 Å².